The molecule has 2 rings (SSSR count). The highest BCUT2D eigenvalue weighted by molar-refractivity contribution is 5.99. The lowest BCUT2D eigenvalue weighted by atomic mass is 10.1. The molecule has 0 saturated heterocycles. The van der Waals surface area contributed by atoms with E-state index in [4.69, 9.17) is 5.73 Å². The third-order valence-electron chi connectivity index (χ3n) is 3.11. The minimum absolute atomic E-state index is 0.0741. The van der Waals surface area contributed by atoms with Crippen molar-refractivity contribution in [2.75, 3.05) is 18.8 Å². The van der Waals surface area contributed by atoms with E-state index in [2.05, 4.69) is 0 Å². The first-order valence-corrected chi connectivity index (χ1v) is 5.99. The molecule has 1 aromatic rings. The number of hydrogen-bond acceptors (Lipinski definition) is 3. The van der Waals surface area contributed by atoms with Crippen molar-refractivity contribution in [3.8, 4) is 5.75 Å². The van der Waals surface area contributed by atoms with Crippen LogP contribution in [0.4, 0.5) is 5.69 Å². The van der Waals surface area contributed by atoms with Crippen molar-refractivity contribution >= 4 is 11.6 Å². The summed E-state index contributed by atoms with van der Waals surface area (Å²) in [4.78, 5) is 14.0. The molecule has 1 fully saturated rings. The molecule has 1 amide bonds. The van der Waals surface area contributed by atoms with Crippen LogP contribution in [0, 0.1) is 5.92 Å². The van der Waals surface area contributed by atoms with Crippen LogP contribution in [-0.2, 0) is 0 Å². The molecule has 1 aliphatic rings. The Morgan fingerprint density at radius 2 is 2.24 bits per heavy atom. The highest BCUT2D eigenvalue weighted by atomic mass is 16.3. The van der Waals surface area contributed by atoms with Gasteiger partial charge in [-0.2, -0.15) is 0 Å². The van der Waals surface area contributed by atoms with Gasteiger partial charge in [0.25, 0.3) is 5.91 Å². The maximum absolute atomic E-state index is 12.2. The second-order valence-corrected chi connectivity index (χ2v) is 4.56. The number of phenolic OH excluding ortho intramolecular Hbond substituents is 1. The minimum atomic E-state index is -0.0900. The zero-order valence-corrected chi connectivity index (χ0v) is 10.0. The smallest absolute Gasteiger partial charge is 0.256 e. The van der Waals surface area contributed by atoms with E-state index in [1.165, 1.54) is 25.0 Å². The first kappa shape index (κ1) is 11.8. The fourth-order valence-corrected chi connectivity index (χ4v) is 1.87. The number of nitrogens with zero attached hydrogens (tertiary/aromatic N) is 1. The number of rotatable bonds is 4. The van der Waals surface area contributed by atoms with Crippen LogP contribution in [0.25, 0.3) is 0 Å². The Hall–Kier alpha value is -1.71. The SMILES string of the molecule is CCN(CC1CC1)C(=O)c1cc(O)ccc1N. The van der Waals surface area contributed by atoms with Gasteiger partial charge in [0, 0.05) is 18.8 Å². The zero-order chi connectivity index (χ0) is 12.4. The molecule has 0 aromatic heterocycles. The molecule has 92 valence electrons. The van der Waals surface area contributed by atoms with Gasteiger partial charge >= 0.3 is 0 Å². The number of aromatic hydroxyl groups is 1. The number of hydrogen-bond donors (Lipinski definition) is 2. The Morgan fingerprint density at radius 1 is 1.53 bits per heavy atom. The molecule has 1 saturated carbocycles. The Bertz CT molecular complexity index is 427. The second kappa shape index (κ2) is 4.65. The van der Waals surface area contributed by atoms with Crippen molar-refractivity contribution in [3.05, 3.63) is 23.8 Å². The van der Waals surface area contributed by atoms with Crippen molar-refractivity contribution in [2.45, 2.75) is 19.8 Å². The number of phenols is 1. The maximum Gasteiger partial charge on any atom is 0.256 e. The van der Waals surface area contributed by atoms with Gasteiger partial charge in [0.05, 0.1) is 5.56 Å². The first-order chi connectivity index (χ1) is 8.11. The molecule has 17 heavy (non-hydrogen) atoms. The Kier molecular flexibility index (Phi) is 3.22. The van der Waals surface area contributed by atoms with Gasteiger partial charge in [0.15, 0.2) is 0 Å². The number of anilines is 1. The summed E-state index contributed by atoms with van der Waals surface area (Å²) in [6.45, 7) is 3.42. The van der Waals surface area contributed by atoms with E-state index in [9.17, 15) is 9.90 Å². The number of carbonyl (C=O) groups is 1. The fraction of sp³-hybridized carbons (Fsp3) is 0.462. The van der Waals surface area contributed by atoms with Crippen molar-refractivity contribution in [2.24, 2.45) is 5.92 Å². The van der Waals surface area contributed by atoms with Crippen molar-refractivity contribution in [1.82, 2.24) is 4.90 Å². The number of nitrogen functional groups attached to an aromatic ring is 1. The van der Waals surface area contributed by atoms with E-state index < -0.39 is 0 Å². The Balaban J connectivity index is 2.18. The minimum Gasteiger partial charge on any atom is -0.508 e. The van der Waals surface area contributed by atoms with E-state index in [1.807, 2.05) is 6.92 Å². The van der Waals surface area contributed by atoms with Crippen LogP contribution in [0.3, 0.4) is 0 Å². The van der Waals surface area contributed by atoms with Gasteiger partial charge in [0.2, 0.25) is 0 Å². The Morgan fingerprint density at radius 3 is 2.82 bits per heavy atom. The molecule has 0 atom stereocenters. The van der Waals surface area contributed by atoms with Gasteiger partial charge in [-0.15, -0.1) is 0 Å². The van der Waals surface area contributed by atoms with Crippen molar-refractivity contribution in [1.29, 1.82) is 0 Å². The summed E-state index contributed by atoms with van der Waals surface area (Å²) in [6, 6.07) is 4.49. The molecule has 4 heteroatoms. The molecular weight excluding hydrogens is 216 g/mol. The number of nitrogens with two attached hydrogens (primary N) is 1. The lowest BCUT2D eigenvalue weighted by Gasteiger charge is -2.21. The lowest BCUT2D eigenvalue weighted by molar-refractivity contribution is 0.0757. The van der Waals surface area contributed by atoms with Gasteiger partial charge in [0.1, 0.15) is 5.75 Å². The fourth-order valence-electron chi connectivity index (χ4n) is 1.87. The normalized spacial score (nSPS) is 14.6. The van der Waals surface area contributed by atoms with Crippen LogP contribution in [0.1, 0.15) is 30.1 Å². The van der Waals surface area contributed by atoms with E-state index in [0.717, 1.165) is 6.54 Å². The molecule has 1 aliphatic carbocycles. The highest BCUT2D eigenvalue weighted by Crippen LogP contribution is 2.30. The lowest BCUT2D eigenvalue weighted by Crippen LogP contribution is -2.33. The molecule has 0 heterocycles. The van der Waals surface area contributed by atoms with Crippen LogP contribution >= 0.6 is 0 Å². The first-order valence-electron chi connectivity index (χ1n) is 5.99. The van der Waals surface area contributed by atoms with Crippen molar-refractivity contribution < 1.29 is 9.90 Å². The average molecular weight is 234 g/mol. The molecule has 0 aliphatic heterocycles. The standard InChI is InChI=1S/C13H18N2O2/c1-2-15(8-9-3-4-9)13(17)11-7-10(16)5-6-12(11)14/h5-7,9,16H,2-4,8,14H2,1H3. The van der Waals surface area contributed by atoms with Crippen LogP contribution < -0.4 is 5.73 Å². The van der Waals surface area contributed by atoms with Crippen LogP contribution in [-0.4, -0.2) is 29.0 Å². The predicted octanol–water partition coefficient (Wildman–Crippen LogP) is 1.85. The highest BCUT2D eigenvalue weighted by Gasteiger charge is 2.27. The van der Waals surface area contributed by atoms with Gasteiger partial charge < -0.3 is 15.7 Å². The van der Waals surface area contributed by atoms with Crippen LogP contribution in [0.5, 0.6) is 5.75 Å². The van der Waals surface area contributed by atoms with Crippen molar-refractivity contribution in [3.63, 3.8) is 0 Å². The quantitative estimate of drug-likeness (QED) is 0.617. The van der Waals surface area contributed by atoms with E-state index >= 15 is 0 Å². The summed E-state index contributed by atoms with van der Waals surface area (Å²) < 4.78 is 0. The number of amides is 1. The van der Waals surface area contributed by atoms with Crippen LogP contribution in [0.15, 0.2) is 18.2 Å². The summed E-state index contributed by atoms with van der Waals surface area (Å²) in [6.07, 6.45) is 2.42. The molecule has 3 N–H and O–H groups in total. The zero-order valence-electron chi connectivity index (χ0n) is 10.0. The Labute approximate surface area is 101 Å². The molecule has 4 nitrogen and oxygen atoms in total. The summed E-state index contributed by atoms with van der Waals surface area (Å²) >= 11 is 0. The topological polar surface area (TPSA) is 66.6 Å². The predicted molar refractivity (Wildman–Crippen MR) is 66.8 cm³/mol. The van der Waals surface area contributed by atoms with E-state index in [-0.39, 0.29) is 11.7 Å². The second-order valence-electron chi connectivity index (χ2n) is 4.56. The molecule has 0 radical (unpaired) electrons. The summed E-state index contributed by atoms with van der Waals surface area (Å²) in [5.74, 6) is 0.634. The average Bonchev–Trinajstić information content (AvgIpc) is 3.12. The summed E-state index contributed by atoms with van der Waals surface area (Å²) in [5.41, 5.74) is 6.59. The van der Waals surface area contributed by atoms with Crippen LogP contribution in [0.2, 0.25) is 0 Å². The van der Waals surface area contributed by atoms with E-state index in [0.29, 0.717) is 23.7 Å². The molecular formula is C13H18N2O2. The number of carbonyl (C=O) groups excluding carboxylic acids is 1. The molecule has 0 spiro atoms. The summed E-state index contributed by atoms with van der Waals surface area (Å²) in [7, 11) is 0. The molecule has 0 unspecified atom stereocenters. The van der Waals surface area contributed by atoms with Gasteiger partial charge in [-0.1, -0.05) is 0 Å². The summed E-state index contributed by atoms with van der Waals surface area (Å²) in [5, 5.41) is 9.41. The molecule has 1 aromatic carbocycles. The largest absolute Gasteiger partial charge is 0.508 e. The van der Waals surface area contributed by atoms with E-state index in [1.54, 1.807) is 11.0 Å². The van der Waals surface area contributed by atoms with Gasteiger partial charge in [-0.3, -0.25) is 4.79 Å². The number of benzene rings is 1. The monoisotopic (exact) mass is 234 g/mol. The third kappa shape index (κ3) is 2.70. The maximum atomic E-state index is 12.2. The third-order valence-corrected chi connectivity index (χ3v) is 3.11. The molecule has 0 bridgehead atoms. The van der Waals surface area contributed by atoms with Gasteiger partial charge in [-0.05, 0) is 43.9 Å². The van der Waals surface area contributed by atoms with Gasteiger partial charge in [-0.25, -0.2) is 0 Å².